The summed E-state index contributed by atoms with van der Waals surface area (Å²) in [5.74, 6) is -0.764. The van der Waals surface area contributed by atoms with E-state index in [1.54, 1.807) is 0 Å². The first kappa shape index (κ1) is 33.5. The van der Waals surface area contributed by atoms with Gasteiger partial charge in [-0.3, -0.25) is 9.59 Å². The lowest BCUT2D eigenvalue weighted by Crippen LogP contribution is -2.37. The summed E-state index contributed by atoms with van der Waals surface area (Å²) in [6.45, 7) is 6.10. The van der Waals surface area contributed by atoms with Gasteiger partial charge in [0.2, 0.25) is 0 Å². The summed E-state index contributed by atoms with van der Waals surface area (Å²) < 4.78 is 28.5. The highest BCUT2D eigenvalue weighted by molar-refractivity contribution is 5.82. The van der Waals surface area contributed by atoms with Gasteiger partial charge in [-0.25, -0.2) is 4.79 Å². The molecule has 42 heavy (non-hydrogen) atoms. The molecule has 3 heterocycles. The Morgan fingerprint density at radius 2 is 1.62 bits per heavy atom. The van der Waals surface area contributed by atoms with E-state index in [1.807, 2.05) is 44.2 Å². The summed E-state index contributed by atoms with van der Waals surface area (Å²) in [5, 5.41) is 0. The van der Waals surface area contributed by atoms with Gasteiger partial charge in [0.1, 0.15) is 6.10 Å². The number of hydrogen-bond donors (Lipinski definition) is 0. The number of methoxy groups -OCH3 is 2. The van der Waals surface area contributed by atoms with Gasteiger partial charge in [0, 0.05) is 18.4 Å². The normalized spacial score (nSPS) is 33.4. The molecule has 8 nitrogen and oxygen atoms in total. The Morgan fingerprint density at radius 3 is 2.36 bits per heavy atom. The molecule has 0 amide bonds. The predicted molar refractivity (Wildman–Crippen MR) is 160 cm³/mol. The molecule has 0 aromatic rings. The minimum Gasteiger partial charge on any atom is -0.469 e. The van der Waals surface area contributed by atoms with Crippen molar-refractivity contribution in [3.8, 4) is 0 Å². The minimum atomic E-state index is -0.474. The highest BCUT2D eigenvalue weighted by atomic mass is 16.6. The molecule has 232 valence electrons. The second kappa shape index (κ2) is 17.2. The summed E-state index contributed by atoms with van der Waals surface area (Å²) in [4.78, 5) is 36.7. The fraction of sp³-hybridized carbons (Fsp3) is 0.618. The molecule has 0 aliphatic carbocycles. The third kappa shape index (κ3) is 11.7. The van der Waals surface area contributed by atoms with E-state index in [2.05, 4.69) is 19.1 Å². The summed E-state index contributed by atoms with van der Waals surface area (Å²) in [6, 6.07) is 0. The number of cyclic esters (lactones) is 1. The number of rotatable bonds is 6. The minimum absolute atomic E-state index is 0.0552. The molecular weight excluding hydrogens is 536 g/mol. The first-order valence-electron chi connectivity index (χ1n) is 15.2. The zero-order valence-corrected chi connectivity index (χ0v) is 25.8. The van der Waals surface area contributed by atoms with Gasteiger partial charge in [-0.1, -0.05) is 61.4 Å². The number of esters is 3. The van der Waals surface area contributed by atoms with Crippen LogP contribution in [0.4, 0.5) is 0 Å². The molecule has 0 radical (unpaired) electrons. The maximum absolute atomic E-state index is 13.2. The van der Waals surface area contributed by atoms with Gasteiger partial charge in [-0.2, -0.15) is 0 Å². The maximum atomic E-state index is 13.2. The van der Waals surface area contributed by atoms with E-state index in [9.17, 15) is 14.4 Å². The lowest BCUT2D eigenvalue weighted by atomic mass is 9.89. The van der Waals surface area contributed by atoms with Crippen molar-refractivity contribution in [2.45, 2.75) is 109 Å². The van der Waals surface area contributed by atoms with Crippen LogP contribution in [0.1, 0.15) is 78.6 Å². The van der Waals surface area contributed by atoms with E-state index >= 15 is 0 Å². The van der Waals surface area contributed by atoms with Crippen molar-refractivity contribution in [2.24, 2.45) is 11.8 Å². The molecule has 2 saturated heterocycles. The Bertz CT molecular complexity index is 1070. The molecule has 3 aliphatic heterocycles. The lowest BCUT2D eigenvalue weighted by molar-refractivity contribution is -0.154. The van der Waals surface area contributed by atoms with Crippen LogP contribution in [0.3, 0.4) is 0 Å². The molecule has 7 atom stereocenters. The Labute approximate surface area is 250 Å². The van der Waals surface area contributed by atoms with Crippen molar-refractivity contribution >= 4 is 17.9 Å². The number of hydrogen-bond acceptors (Lipinski definition) is 8. The molecule has 2 fully saturated rings. The topological polar surface area (TPSA) is 97.4 Å². The summed E-state index contributed by atoms with van der Waals surface area (Å²) >= 11 is 0. The molecule has 4 bridgehead atoms. The first-order valence-corrected chi connectivity index (χ1v) is 15.2. The van der Waals surface area contributed by atoms with E-state index < -0.39 is 18.2 Å². The average Bonchev–Trinajstić information content (AvgIpc) is 2.94. The number of carbonyl (C=O) groups excluding carboxylic acids is 3. The van der Waals surface area contributed by atoms with Crippen molar-refractivity contribution in [3.05, 3.63) is 59.8 Å². The summed E-state index contributed by atoms with van der Waals surface area (Å²) in [6.07, 6.45) is 20.7. The lowest BCUT2D eigenvalue weighted by Gasteiger charge is -2.37. The quantitative estimate of drug-likeness (QED) is 0.121. The van der Waals surface area contributed by atoms with E-state index in [0.717, 1.165) is 43.3 Å². The SMILES string of the molecule is COC(=O)/C=C1\CC2CC(=O)OC(/C=C/C=C\C=C(/C)CC(=O)OC)C(C)/C=C\C(C)CC3CCCC(CC(C1)O2)O3. The molecule has 0 aromatic carbocycles. The van der Waals surface area contributed by atoms with Gasteiger partial charge in [0.05, 0.1) is 51.5 Å². The van der Waals surface area contributed by atoms with E-state index in [-0.39, 0.29) is 49.0 Å². The Kier molecular flexibility index (Phi) is 13.7. The third-order valence-electron chi connectivity index (χ3n) is 7.96. The standard InChI is InChI=1S/C34H48O8/c1-23(17-32(35)38-4)10-7-6-8-13-31-25(3)15-14-24(2)16-27-11-9-12-28(40-27)21-29-18-26(20-33(36)39-5)19-30(41-29)22-34(37)42-31/h6-8,10,13-15,20,24-25,27-31H,9,11-12,16-19,21-22H2,1-5H3/b7-6-,13-8+,15-14-,23-10+,26-20-. The van der Waals surface area contributed by atoms with Crippen molar-refractivity contribution < 1.29 is 38.1 Å². The van der Waals surface area contributed by atoms with Gasteiger partial charge >= 0.3 is 17.9 Å². The van der Waals surface area contributed by atoms with Crippen LogP contribution in [0, 0.1) is 11.8 Å². The summed E-state index contributed by atoms with van der Waals surface area (Å²) in [7, 11) is 2.74. The van der Waals surface area contributed by atoms with Crippen LogP contribution < -0.4 is 0 Å². The van der Waals surface area contributed by atoms with Crippen molar-refractivity contribution in [3.63, 3.8) is 0 Å². The number of fused-ring (bicyclic) bond motifs is 4. The van der Waals surface area contributed by atoms with Gasteiger partial charge in [0.15, 0.2) is 0 Å². The van der Waals surface area contributed by atoms with Crippen molar-refractivity contribution in [1.29, 1.82) is 0 Å². The third-order valence-corrected chi connectivity index (χ3v) is 7.96. The monoisotopic (exact) mass is 584 g/mol. The zero-order valence-electron chi connectivity index (χ0n) is 25.8. The highest BCUT2D eigenvalue weighted by Gasteiger charge is 2.33. The Balaban J connectivity index is 1.80. The molecule has 0 aromatic heterocycles. The van der Waals surface area contributed by atoms with Crippen LogP contribution in [0.2, 0.25) is 0 Å². The van der Waals surface area contributed by atoms with Crippen LogP contribution in [-0.4, -0.2) is 62.6 Å². The van der Waals surface area contributed by atoms with Crippen molar-refractivity contribution in [2.75, 3.05) is 14.2 Å². The highest BCUT2D eigenvalue weighted by Crippen LogP contribution is 2.33. The predicted octanol–water partition coefficient (Wildman–Crippen LogP) is 6.12. The number of ether oxygens (including phenoxy) is 5. The largest absolute Gasteiger partial charge is 0.469 e. The van der Waals surface area contributed by atoms with Crippen LogP contribution in [0.15, 0.2) is 59.8 Å². The average molecular weight is 585 g/mol. The summed E-state index contributed by atoms with van der Waals surface area (Å²) in [5.41, 5.74) is 1.80. The molecular formula is C34H48O8. The van der Waals surface area contributed by atoms with Gasteiger partial charge in [0.25, 0.3) is 0 Å². The molecule has 0 saturated carbocycles. The van der Waals surface area contributed by atoms with Gasteiger partial charge in [-0.05, 0) is 57.4 Å². The van der Waals surface area contributed by atoms with E-state index in [4.69, 9.17) is 23.7 Å². The number of allylic oxidation sites excluding steroid dienone is 5. The molecule has 3 rings (SSSR count). The molecule has 0 N–H and O–H groups in total. The fourth-order valence-electron chi connectivity index (χ4n) is 5.75. The van der Waals surface area contributed by atoms with Crippen LogP contribution in [0.25, 0.3) is 0 Å². The second-order valence-corrected chi connectivity index (χ2v) is 11.8. The van der Waals surface area contributed by atoms with Crippen molar-refractivity contribution in [1.82, 2.24) is 0 Å². The Hall–Kier alpha value is -2.97. The fourth-order valence-corrected chi connectivity index (χ4v) is 5.75. The van der Waals surface area contributed by atoms with E-state index in [1.165, 1.54) is 20.3 Å². The molecule has 3 aliphatic rings. The van der Waals surface area contributed by atoms with Crippen LogP contribution >= 0.6 is 0 Å². The molecule has 7 unspecified atom stereocenters. The van der Waals surface area contributed by atoms with Gasteiger partial charge < -0.3 is 23.7 Å². The van der Waals surface area contributed by atoms with E-state index in [0.29, 0.717) is 18.8 Å². The maximum Gasteiger partial charge on any atom is 0.330 e. The first-order chi connectivity index (χ1) is 20.1. The Morgan fingerprint density at radius 1 is 0.905 bits per heavy atom. The molecule has 8 heteroatoms. The zero-order chi connectivity index (χ0) is 30.5. The number of carbonyl (C=O) groups is 3. The van der Waals surface area contributed by atoms with Crippen LogP contribution in [-0.2, 0) is 38.1 Å². The smallest absolute Gasteiger partial charge is 0.330 e. The van der Waals surface area contributed by atoms with Gasteiger partial charge in [-0.15, -0.1) is 0 Å². The van der Waals surface area contributed by atoms with Crippen LogP contribution in [0.5, 0.6) is 0 Å². The molecule has 0 spiro atoms. The second-order valence-electron chi connectivity index (χ2n) is 11.8.